The molecular formula is C19H17ClF3N3O2. The Bertz CT molecular complexity index is 905. The molecule has 1 saturated carbocycles. The fraction of sp³-hybridized carbons (Fsp3) is 0.368. The second-order valence-corrected chi connectivity index (χ2v) is 7.33. The quantitative estimate of drug-likeness (QED) is 0.744. The number of nitrogens with zero attached hydrogens (tertiary/aromatic N) is 3. The molecular weight excluding hydrogens is 395 g/mol. The van der Waals surface area contributed by atoms with Crippen LogP contribution in [0.25, 0.3) is 0 Å². The molecule has 1 fully saturated rings. The van der Waals surface area contributed by atoms with Crippen LogP contribution in [0.15, 0.2) is 42.6 Å². The highest BCUT2D eigenvalue weighted by atomic mass is 35.5. The third-order valence-corrected chi connectivity index (χ3v) is 5.46. The Morgan fingerprint density at radius 2 is 2.00 bits per heavy atom. The number of halogens is 4. The third-order valence-electron chi connectivity index (χ3n) is 5.22. The average molecular weight is 412 g/mol. The van der Waals surface area contributed by atoms with Gasteiger partial charge in [-0.05, 0) is 43.2 Å². The summed E-state index contributed by atoms with van der Waals surface area (Å²) in [5.74, 6) is 0. The Morgan fingerprint density at radius 1 is 1.25 bits per heavy atom. The van der Waals surface area contributed by atoms with E-state index in [0.717, 1.165) is 5.06 Å². The molecule has 2 aromatic rings. The predicted molar refractivity (Wildman–Crippen MR) is 97.1 cm³/mol. The Morgan fingerprint density at radius 3 is 2.57 bits per heavy atom. The summed E-state index contributed by atoms with van der Waals surface area (Å²) >= 11 is 6.09. The van der Waals surface area contributed by atoms with Crippen LogP contribution in [0.5, 0.6) is 0 Å². The summed E-state index contributed by atoms with van der Waals surface area (Å²) in [4.78, 5) is 23.5. The van der Waals surface area contributed by atoms with Crippen molar-refractivity contribution in [1.29, 1.82) is 0 Å². The zero-order chi connectivity index (χ0) is 20.1. The number of anilines is 1. The minimum Gasteiger partial charge on any atom is -0.318 e. The van der Waals surface area contributed by atoms with Crippen molar-refractivity contribution in [3.8, 4) is 0 Å². The van der Waals surface area contributed by atoms with Gasteiger partial charge in [0.2, 0.25) is 0 Å². The Balaban J connectivity index is 2.07. The highest BCUT2D eigenvalue weighted by Crippen LogP contribution is 2.52. The lowest BCUT2D eigenvalue weighted by molar-refractivity contribution is -0.182. The lowest BCUT2D eigenvalue weighted by atomic mass is 9.75. The molecule has 2 aliphatic rings. The van der Waals surface area contributed by atoms with Gasteiger partial charge in [0.1, 0.15) is 0 Å². The van der Waals surface area contributed by atoms with Crippen LogP contribution in [0.1, 0.15) is 24.1 Å². The normalized spacial score (nSPS) is 22.8. The maximum Gasteiger partial charge on any atom is 0.405 e. The lowest BCUT2D eigenvalue weighted by Gasteiger charge is -2.38. The number of carbonyl (C=O) groups is 1. The maximum atomic E-state index is 14.8. The van der Waals surface area contributed by atoms with Crippen molar-refractivity contribution in [2.45, 2.75) is 30.5 Å². The molecule has 0 radical (unpaired) electrons. The molecule has 148 valence electrons. The molecule has 0 unspecified atom stereocenters. The summed E-state index contributed by atoms with van der Waals surface area (Å²) in [7, 11) is 1.25. The number of fused-ring (bicyclic) bond motifs is 1. The lowest BCUT2D eigenvalue weighted by Crippen LogP contribution is -2.53. The van der Waals surface area contributed by atoms with Crippen molar-refractivity contribution >= 4 is 23.3 Å². The van der Waals surface area contributed by atoms with Gasteiger partial charge in [0, 0.05) is 29.4 Å². The van der Waals surface area contributed by atoms with Crippen LogP contribution < -0.4 is 5.06 Å². The summed E-state index contributed by atoms with van der Waals surface area (Å²) in [6.45, 7) is -0.593. The topological polar surface area (TPSA) is 45.7 Å². The Kier molecular flexibility index (Phi) is 4.50. The van der Waals surface area contributed by atoms with Crippen LogP contribution in [0.3, 0.4) is 0 Å². The van der Waals surface area contributed by atoms with E-state index in [9.17, 15) is 18.0 Å². The monoisotopic (exact) mass is 411 g/mol. The van der Waals surface area contributed by atoms with Gasteiger partial charge in [0.15, 0.2) is 5.41 Å². The van der Waals surface area contributed by atoms with Gasteiger partial charge < -0.3 is 4.90 Å². The molecule has 1 aliphatic carbocycles. The molecule has 0 N–H and O–H groups in total. The fourth-order valence-electron chi connectivity index (χ4n) is 3.72. The molecule has 28 heavy (non-hydrogen) atoms. The van der Waals surface area contributed by atoms with Crippen LogP contribution in [0, 0.1) is 0 Å². The molecule has 9 heteroatoms. The summed E-state index contributed by atoms with van der Waals surface area (Å²) in [5, 5.41) is 1.03. The maximum absolute atomic E-state index is 14.8. The zero-order valence-electron chi connectivity index (χ0n) is 14.9. The number of amides is 2. The average Bonchev–Trinajstić information content (AvgIpc) is 3.49. The Labute approximate surface area is 164 Å². The number of carbonyl (C=O) groups excluding carboxylic acids is 1. The minimum atomic E-state index is -4.74. The first-order valence-electron chi connectivity index (χ1n) is 8.72. The minimum absolute atomic E-state index is 0.00280. The summed E-state index contributed by atoms with van der Waals surface area (Å²) in [6, 6.07) is 7.54. The standard InChI is InChI=1S/C19H17ClF3N3O2/c1-28-26-15-8-5-12(20)10-14(15)18(19(21,22)23,16-4-2-3-9-24-16)11-25(17(26)27)13-6-7-13/h2-5,8-10,13H,6-7,11H2,1H3/t18-/m1/s1. The van der Waals surface area contributed by atoms with E-state index in [-0.39, 0.29) is 28.0 Å². The van der Waals surface area contributed by atoms with Gasteiger partial charge in [-0.15, -0.1) is 0 Å². The predicted octanol–water partition coefficient (Wildman–Crippen LogP) is 4.55. The third kappa shape index (κ3) is 2.82. The number of rotatable bonds is 3. The number of benzene rings is 1. The van der Waals surface area contributed by atoms with E-state index in [1.54, 1.807) is 6.07 Å². The molecule has 0 saturated heterocycles. The molecule has 2 amide bonds. The summed E-state index contributed by atoms with van der Waals surface area (Å²) < 4.78 is 44.4. The van der Waals surface area contributed by atoms with Crippen LogP contribution in [0.4, 0.5) is 23.7 Å². The molecule has 5 nitrogen and oxygen atoms in total. The molecule has 1 aromatic heterocycles. The van der Waals surface area contributed by atoms with Crippen molar-refractivity contribution in [2.75, 3.05) is 18.7 Å². The fourth-order valence-corrected chi connectivity index (χ4v) is 3.90. The highest BCUT2D eigenvalue weighted by Gasteiger charge is 2.63. The molecule has 4 rings (SSSR count). The first-order valence-corrected chi connectivity index (χ1v) is 9.10. The Hall–Kier alpha value is -2.32. The van der Waals surface area contributed by atoms with Crippen molar-refractivity contribution in [3.05, 3.63) is 58.9 Å². The van der Waals surface area contributed by atoms with E-state index in [2.05, 4.69) is 4.98 Å². The van der Waals surface area contributed by atoms with Crippen LogP contribution in [-0.4, -0.2) is 41.8 Å². The van der Waals surface area contributed by atoms with Gasteiger partial charge in [-0.25, -0.2) is 4.79 Å². The van der Waals surface area contributed by atoms with Gasteiger partial charge >= 0.3 is 12.2 Å². The molecule has 1 aliphatic heterocycles. The van der Waals surface area contributed by atoms with Gasteiger partial charge in [-0.3, -0.25) is 9.82 Å². The van der Waals surface area contributed by atoms with E-state index >= 15 is 0 Å². The van der Waals surface area contributed by atoms with E-state index in [4.69, 9.17) is 16.4 Å². The number of hydrogen-bond acceptors (Lipinski definition) is 3. The largest absolute Gasteiger partial charge is 0.405 e. The van der Waals surface area contributed by atoms with Crippen molar-refractivity contribution in [1.82, 2.24) is 9.88 Å². The van der Waals surface area contributed by atoms with E-state index < -0.39 is 24.2 Å². The molecule has 0 spiro atoms. The first kappa shape index (κ1) is 19.0. The van der Waals surface area contributed by atoms with Crippen molar-refractivity contribution < 1.29 is 22.8 Å². The van der Waals surface area contributed by atoms with Gasteiger partial charge in [0.25, 0.3) is 0 Å². The van der Waals surface area contributed by atoms with Crippen LogP contribution >= 0.6 is 11.6 Å². The number of pyridine rings is 1. The molecule has 0 bridgehead atoms. The summed E-state index contributed by atoms with van der Waals surface area (Å²) in [6.07, 6.45) is -2.12. The first-order chi connectivity index (χ1) is 13.3. The number of urea groups is 1. The van der Waals surface area contributed by atoms with E-state index in [1.807, 2.05) is 0 Å². The summed E-state index contributed by atoms with van der Waals surface area (Å²) in [5.41, 5.74) is -2.89. The molecule has 1 atom stereocenters. The van der Waals surface area contributed by atoms with Crippen LogP contribution in [-0.2, 0) is 10.3 Å². The molecule has 1 aromatic carbocycles. The number of aromatic nitrogens is 1. The van der Waals surface area contributed by atoms with Gasteiger partial charge in [-0.1, -0.05) is 17.7 Å². The number of alkyl halides is 3. The zero-order valence-corrected chi connectivity index (χ0v) is 15.7. The number of hydroxylamine groups is 1. The van der Waals surface area contributed by atoms with E-state index in [0.29, 0.717) is 12.8 Å². The van der Waals surface area contributed by atoms with Gasteiger partial charge in [-0.2, -0.15) is 18.2 Å². The second kappa shape index (κ2) is 6.63. The van der Waals surface area contributed by atoms with Crippen LogP contribution in [0.2, 0.25) is 5.02 Å². The van der Waals surface area contributed by atoms with E-state index in [1.165, 1.54) is 48.5 Å². The highest BCUT2D eigenvalue weighted by molar-refractivity contribution is 6.30. The SMILES string of the molecule is CON1C(=O)N(C2CC2)C[C@@](c2ccccn2)(C(F)(F)F)c2cc(Cl)ccc21. The smallest absolute Gasteiger partial charge is 0.318 e. The van der Waals surface area contributed by atoms with Gasteiger partial charge in [0.05, 0.1) is 18.5 Å². The van der Waals surface area contributed by atoms with Crippen molar-refractivity contribution in [3.63, 3.8) is 0 Å². The molecule has 2 heterocycles. The van der Waals surface area contributed by atoms with Crippen molar-refractivity contribution in [2.24, 2.45) is 0 Å². The second-order valence-electron chi connectivity index (χ2n) is 6.90. The number of hydrogen-bond donors (Lipinski definition) is 0.